The molecule has 172 valence electrons. The molecule has 0 radical (unpaired) electrons. The van der Waals surface area contributed by atoms with Crippen LogP contribution < -0.4 is 10.5 Å². The van der Waals surface area contributed by atoms with Crippen LogP contribution >= 0.6 is 0 Å². The first-order chi connectivity index (χ1) is 16.0. The van der Waals surface area contributed by atoms with Crippen LogP contribution in [0.4, 0.5) is 0 Å². The molecule has 1 saturated heterocycles. The Morgan fingerprint density at radius 2 is 1.94 bits per heavy atom. The maximum absolute atomic E-state index is 13.4. The second-order valence-corrected chi connectivity index (χ2v) is 9.68. The molecule has 0 unspecified atom stereocenters. The zero-order chi connectivity index (χ0) is 22.8. The summed E-state index contributed by atoms with van der Waals surface area (Å²) in [6.45, 7) is 0.901. The molecule has 0 spiro atoms. The number of sulfonamides is 1. The van der Waals surface area contributed by atoms with Crippen LogP contribution in [0.15, 0.2) is 58.2 Å². The lowest BCUT2D eigenvalue weighted by Gasteiger charge is -2.31. The van der Waals surface area contributed by atoms with Gasteiger partial charge in [-0.3, -0.25) is 0 Å². The van der Waals surface area contributed by atoms with Gasteiger partial charge in [0.05, 0.1) is 17.1 Å². The van der Waals surface area contributed by atoms with Gasteiger partial charge in [-0.25, -0.2) is 13.4 Å². The lowest BCUT2D eigenvalue weighted by atomic mass is 10.0. The maximum atomic E-state index is 13.4. The van der Waals surface area contributed by atoms with Gasteiger partial charge in [0.25, 0.3) is 15.9 Å². The lowest BCUT2D eigenvalue weighted by Crippen LogP contribution is -2.39. The molecule has 5 rings (SSSR count). The summed E-state index contributed by atoms with van der Waals surface area (Å²) in [7, 11) is -3.87. The fourth-order valence-electron chi connectivity index (χ4n) is 3.94. The van der Waals surface area contributed by atoms with Crippen molar-refractivity contribution in [2.45, 2.75) is 43.6 Å². The number of fused-ring (bicyclic) bond motifs is 1. The predicted molar refractivity (Wildman–Crippen MR) is 120 cm³/mol. The number of aromatic nitrogens is 4. The fourth-order valence-corrected chi connectivity index (χ4v) is 5.52. The molecule has 1 atom stereocenters. The third-order valence-electron chi connectivity index (χ3n) is 5.68. The van der Waals surface area contributed by atoms with Crippen molar-refractivity contribution >= 4 is 21.1 Å². The average Bonchev–Trinajstić information content (AvgIpc) is 3.51. The summed E-state index contributed by atoms with van der Waals surface area (Å²) in [5.41, 5.74) is 7.88. The van der Waals surface area contributed by atoms with E-state index in [0.29, 0.717) is 42.1 Å². The van der Waals surface area contributed by atoms with E-state index in [9.17, 15) is 8.42 Å². The number of hydrogen-bond acceptors (Lipinski definition) is 8. The number of H-pyrrole nitrogens is 1. The van der Waals surface area contributed by atoms with E-state index in [4.69, 9.17) is 15.0 Å². The van der Waals surface area contributed by atoms with Gasteiger partial charge in [0.2, 0.25) is 5.16 Å². The monoisotopic (exact) mass is 468 g/mol. The van der Waals surface area contributed by atoms with E-state index < -0.39 is 16.1 Å². The zero-order valence-corrected chi connectivity index (χ0v) is 18.7. The summed E-state index contributed by atoms with van der Waals surface area (Å²) in [6.07, 6.45) is 2.22. The molecule has 1 aliphatic heterocycles. The molecule has 3 N–H and O–H groups in total. The number of para-hydroxylation sites is 2. The Kier molecular flexibility index (Phi) is 5.83. The molecule has 10 nitrogen and oxygen atoms in total. The van der Waals surface area contributed by atoms with Gasteiger partial charge in [-0.2, -0.15) is 9.29 Å². The molecule has 1 fully saturated rings. The largest absolute Gasteiger partial charge is 0.484 e. The van der Waals surface area contributed by atoms with E-state index in [2.05, 4.69) is 20.1 Å². The van der Waals surface area contributed by atoms with Gasteiger partial charge in [-0.05, 0) is 42.7 Å². The molecule has 0 aliphatic carbocycles. The Balaban J connectivity index is 1.34. The zero-order valence-electron chi connectivity index (χ0n) is 17.8. The Morgan fingerprint density at radius 1 is 1.12 bits per heavy atom. The molecular weight excluding hydrogens is 444 g/mol. The van der Waals surface area contributed by atoms with Crippen molar-refractivity contribution in [1.82, 2.24) is 24.4 Å². The molecule has 2 aromatic carbocycles. The summed E-state index contributed by atoms with van der Waals surface area (Å²) < 4.78 is 39.3. The average molecular weight is 469 g/mol. The molecule has 1 aliphatic rings. The number of imidazole rings is 1. The third-order valence-corrected chi connectivity index (χ3v) is 7.41. The van der Waals surface area contributed by atoms with Crippen LogP contribution in [-0.2, 0) is 23.2 Å². The van der Waals surface area contributed by atoms with Gasteiger partial charge < -0.3 is 20.0 Å². The Hall–Kier alpha value is -3.28. The van der Waals surface area contributed by atoms with Crippen molar-refractivity contribution in [2.75, 3.05) is 6.54 Å². The topological polar surface area (TPSA) is 140 Å². The normalized spacial score (nSPS) is 17.4. The number of nitrogens with two attached hydrogens (primary N) is 1. The minimum Gasteiger partial charge on any atom is -0.484 e. The van der Waals surface area contributed by atoms with Crippen molar-refractivity contribution in [3.63, 3.8) is 0 Å². The molecule has 33 heavy (non-hydrogen) atoms. The van der Waals surface area contributed by atoms with Crippen LogP contribution in [-0.4, -0.2) is 39.4 Å². The molecule has 2 aromatic heterocycles. The van der Waals surface area contributed by atoms with E-state index in [1.54, 1.807) is 12.1 Å². The number of piperidine rings is 1. The SMILES string of the molecule is NCc1ccc(OCc2nc([C@@H]3CCCCN3S(=O)(=O)c3nc4ccccc4[nH]3)no2)cc1. The van der Waals surface area contributed by atoms with Crippen molar-refractivity contribution in [3.8, 4) is 5.75 Å². The lowest BCUT2D eigenvalue weighted by molar-refractivity contribution is 0.231. The van der Waals surface area contributed by atoms with E-state index in [1.165, 1.54) is 4.31 Å². The van der Waals surface area contributed by atoms with Crippen molar-refractivity contribution in [2.24, 2.45) is 5.73 Å². The van der Waals surface area contributed by atoms with Crippen LogP contribution in [0.1, 0.15) is 42.6 Å². The van der Waals surface area contributed by atoms with E-state index >= 15 is 0 Å². The Labute approximate surface area is 190 Å². The van der Waals surface area contributed by atoms with Crippen LogP contribution in [0.3, 0.4) is 0 Å². The molecule has 3 heterocycles. The number of nitrogens with one attached hydrogen (secondary N) is 1. The van der Waals surface area contributed by atoms with Gasteiger partial charge in [0, 0.05) is 13.1 Å². The summed E-state index contributed by atoms with van der Waals surface area (Å²) in [5.74, 6) is 1.25. The van der Waals surface area contributed by atoms with E-state index in [0.717, 1.165) is 18.4 Å². The first-order valence-corrected chi connectivity index (χ1v) is 12.2. The Morgan fingerprint density at radius 3 is 2.73 bits per heavy atom. The first-order valence-electron chi connectivity index (χ1n) is 10.8. The van der Waals surface area contributed by atoms with Gasteiger partial charge in [0.1, 0.15) is 5.75 Å². The highest BCUT2D eigenvalue weighted by Gasteiger charge is 2.38. The minimum atomic E-state index is -3.87. The summed E-state index contributed by atoms with van der Waals surface area (Å²) in [5, 5.41) is 3.98. The molecule has 0 saturated carbocycles. The van der Waals surface area contributed by atoms with Crippen LogP contribution in [0.25, 0.3) is 11.0 Å². The molecule has 4 aromatic rings. The minimum absolute atomic E-state index is 0.0800. The van der Waals surface area contributed by atoms with E-state index in [-0.39, 0.29) is 17.7 Å². The number of ether oxygens (including phenoxy) is 1. The van der Waals surface area contributed by atoms with Crippen molar-refractivity contribution < 1.29 is 17.7 Å². The van der Waals surface area contributed by atoms with Crippen molar-refractivity contribution in [3.05, 3.63) is 65.8 Å². The third kappa shape index (κ3) is 4.34. The van der Waals surface area contributed by atoms with Gasteiger partial charge >= 0.3 is 0 Å². The van der Waals surface area contributed by atoms with Crippen LogP contribution in [0, 0.1) is 0 Å². The number of rotatable bonds is 7. The standard InChI is InChI=1S/C22H24N6O4S/c23-13-15-8-10-16(11-9-15)31-14-20-26-21(27-32-20)19-7-3-4-12-28(19)33(29,30)22-24-17-5-1-2-6-18(17)25-22/h1-2,5-6,8-11,19H,3-4,7,12-14,23H2,(H,24,25)/t19-/m0/s1. The number of hydrogen-bond donors (Lipinski definition) is 2. The molecule has 0 amide bonds. The first kappa shape index (κ1) is 21.6. The fraction of sp³-hybridized carbons (Fsp3) is 0.318. The predicted octanol–water partition coefficient (Wildman–Crippen LogP) is 2.90. The summed E-state index contributed by atoms with van der Waals surface area (Å²) in [6, 6.07) is 14.1. The van der Waals surface area contributed by atoms with Crippen molar-refractivity contribution in [1.29, 1.82) is 0 Å². The second-order valence-electron chi connectivity index (χ2n) is 7.87. The quantitative estimate of drug-likeness (QED) is 0.422. The Bertz CT molecular complexity index is 1320. The van der Waals surface area contributed by atoms with Gasteiger partial charge in [-0.15, -0.1) is 0 Å². The highest BCUT2D eigenvalue weighted by molar-refractivity contribution is 7.89. The second kappa shape index (κ2) is 8.93. The molecular formula is C22H24N6O4S. The highest BCUT2D eigenvalue weighted by atomic mass is 32.2. The molecule has 0 bridgehead atoms. The maximum Gasteiger partial charge on any atom is 0.277 e. The van der Waals surface area contributed by atoms with Crippen LogP contribution in [0.2, 0.25) is 0 Å². The smallest absolute Gasteiger partial charge is 0.277 e. The number of aromatic amines is 1. The van der Waals surface area contributed by atoms with Gasteiger partial charge in [-0.1, -0.05) is 35.8 Å². The molecule has 11 heteroatoms. The van der Waals surface area contributed by atoms with Gasteiger partial charge in [0.15, 0.2) is 12.4 Å². The summed E-state index contributed by atoms with van der Waals surface area (Å²) in [4.78, 5) is 11.6. The van der Waals surface area contributed by atoms with E-state index in [1.807, 2.05) is 36.4 Å². The number of benzene rings is 2. The van der Waals surface area contributed by atoms with Crippen LogP contribution in [0.5, 0.6) is 5.75 Å². The number of nitrogens with zero attached hydrogens (tertiary/aromatic N) is 4. The summed E-state index contributed by atoms with van der Waals surface area (Å²) >= 11 is 0. The highest BCUT2D eigenvalue weighted by Crippen LogP contribution is 2.34.